The molecule has 0 radical (unpaired) electrons. The summed E-state index contributed by atoms with van der Waals surface area (Å²) < 4.78 is 48.1. The number of alkyl halides is 3. The Hall–Kier alpha value is -1.27. The van der Waals surface area contributed by atoms with Gasteiger partial charge in [0.25, 0.3) is 0 Å². The lowest BCUT2D eigenvalue weighted by Crippen LogP contribution is -2.34. The van der Waals surface area contributed by atoms with E-state index in [0.717, 1.165) is 12.1 Å². The molecule has 1 aromatic rings. The second kappa shape index (κ2) is 5.16. The Morgan fingerprint density at radius 1 is 1.39 bits per heavy atom. The molecule has 1 aliphatic heterocycles. The summed E-state index contributed by atoms with van der Waals surface area (Å²) in [7, 11) is 1.36. The molecule has 100 valence electrons. The molecule has 2 rings (SSSR count). The van der Waals surface area contributed by atoms with Crippen LogP contribution in [-0.4, -0.2) is 26.9 Å². The molecular weight excluding hydrogens is 247 g/mol. The Morgan fingerprint density at radius 3 is 2.72 bits per heavy atom. The zero-order valence-electron chi connectivity index (χ0n) is 9.88. The summed E-state index contributed by atoms with van der Waals surface area (Å²) in [6.07, 6.45) is -4.36. The summed E-state index contributed by atoms with van der Waals surface area (Å²) in [6, 6.07) is 3.39. The third kappa shape index (κ3) is 2.76. The highest BCUT2D eigenvalue weighted by molar-refractivity contribution is 5.41. The van der Waals surface area contributed by atoms with Crippen LogP contribution in [0.4, 0.5) is 13.2 Å². The second-order valence-corrected chi connectivity index (χ2v) is 4.04. The van der Waals surface area contributed by atoms with E-state index in [4.69, 9.17) is 9.47 Å². The molecule has 3 nitrogen and oxygen atoms in total. The fraction of sp³-hybridized carbons (Fsp3) is 0.500. The van der Waals surface area contributed by atoms with Crippen LogP contribution in [0.5, 0.6) is 5.75 Å². The molecule has 1 aromatic carbocycles. The fourth-order valence-electron chi connectivity index (χ4n) is 1.94. The number of ether oxygens (including phenoxy) is 2. The van der Waals surface area contributed by atoms with E-state index in [1.165, 1.54) is 13.2 Å². The van der Waals surface area contributed by atoms with Gasteiger partial charge in [-0.3, -0.25) is 0 Å². The first-order chi connectivity index (χ1) is 8.52. The SMILES string of the molecule is COc1cc(C(F)(F)F)ccc1[C@@H]1COCCN1. The van der Waals surface area contributed by atoms with Crippen molar-refractivity contribution < 1.29 is 22.6 Å². The van der Waals surface area contributed by atoms with Crippen LogP contribution >= 0.6 is 0 Å². The molecule has 0 saturated carbocycles. The zero-order valence-corrected chi connectivity index (χ0v) is 9.88. The van der Waals surface area contributed by atoms with E-state index in [-0.39, 0.29) is 11.8 Å². The van der Waals surface area contributed by atoms with Crippen LogP contribution in [0.3, 0.4) is 0 Å². The maximum absolute atomic E-state index is 12.6. The molecule has 0 unspecified atom stereocenters. The summed E-state index contributed by atoms with van der Waals surface area (Å²) in [6.45, 7) is 1.72. The summed E-state index contributed by atoms with van der Waals surface area (Å²) in [5, 5.41) is 3.18. The largest absolute Gasteiger partial charge is 0.496 e. The smallest absolute Gasteiger partial charge is 0.416 e. The highest BCUT2D eigenvalue weighted by atomic mass is 19.4. The van der Waals surface area contributed by atoms with Crippen LogP contribution in [0.2, 0.25) is 0 Å². The Balaban J connectivity index is 2.30. The maximum atomic E-state index is 12.6. The van der Waals surface area contributed by atoms with Gasteiger partial charge < -0.3 is 14.8 Å². The van der Waals surface area contributed by atoms with Gasteiger partial charge >= 0.3 is 6.18 Å². The minimum absolute atomic E-state index is 0.129. The fourth-order valence-corrected chi connectivity index (χ4v) is 1.94. The minimum Gasteiger partial charge on any atom is -0.496 e. The van der Waals surface area contributed by atoms with Gasteiger partial charge in [0.2, 0.25) is 0 Å². The number of methoxy groups -OCH3 is 1. The van der Waals surface area contributed by atoms with Gasteiger partial charge in [0.15, 0.2) is 0 Å². The first-order valence-electron chi connectivity index (χ1n) is 5.58. The van der Waals surface area contributed by atoms with Crippen LogP contribution in [0.1, 0.15) is 17.2 Å². The predicted octanol–water partition coefficient (Wildman–Crippen LogP) is 2.37. The number of rotatable bonds is 2. The molecule has 1 fully saturated rings. The van der Waals surface area contributed by atoms with Crippen molar-refractivity contribution in [1.29, 1.82) is 0 Å². The number of benzene rings is 1. The molecular formula is C12H14F3NO2. The first kappa shape index (κ1) is 13.2. The van der Waals surface area contributed by atoms with E-state index in [1.54, 1.807) is 0 Å². The quantitative estimate of drug-likeness (QED) is 0.886. The third-order valence-corrected chi connectivity index (χ3v) is 2.86. The third-order valence-electron chi connectivity index (χ3n) is 2.86. The minimum atomic E-state index is -4.36. The van der Waals surface area contributed by atoms with Gasteiger partial charge in [-0.2, -0.15) is 13.2 Å². The molecule has 1 heterocycles. The molecule has 0 aromatic heterocycles. The lowest BCUT2D eigenvalue weighted by molar-refractivity contribution is -0.137. The van der Waals surface area contributed by atoms with Crippen molar-refractivity contribution in [3.05, 3.63) is 29.3 Å². The van der Waals surface area contributed by atoms with E-state index < -0.39 is 11.7 Å². The van der Waals surface area contributed by atoms with Gasteiger partial charge in [-0.25, -0.2) is 0 Å². The van der Waals surface area contributed by atoms with Crippen molar-refractivity contribution in [2.75, 3.05) is 26.9 Å². The highest BCUT2D eigenvalue weighted by Gasteiger charge is 2.32. The molecule has 0 aliphatic carbocycles. The number of hydrogen-bond donors (Lipinski definition) is 1. The highest BCUT2D eigenvalue weighted by Crippen LogP contribution is 2.35. The van der Waals surface area contributed by atoms with E-state index >= 15 is 0 Å². The van der Waals surface area contributed by atoms with E-state index in [0.29, 0.717) is 25.3 Å². The standard InChI is InChI=1S/C12H14F3NO2/c1-17-11-6-8(12(13,14)15)2-3-9(11)10-7-18-5-4-16-10/h2-3,6,10,16H,4-5,7H2,1H3/t10-/m0/s1. The zero-order chi connectivity index (χ0) is 13.2. The van der Waals surface area contributed by atoms with Crippen LogP contribution < -0.4 is 10.1 Å². The Labute approximate surface area is 103 Å². The van der Waals surface area contributed by atoms with E-state index in [9.17, 15) is 13.2 Å². The van der Waals surface area contributed by atoms with E-state index in [1.807, 2.05) is 0 Å². The van der Waals surface area contributed by atoms with E-state index in [2.05, 4.69) is 5.32 Å². The maximum Gasteiger partial charge on any atom is 0.416 e. The Morgan fingerprint density at radius 2 is 2.17 bits per heavy atom. The topological polar surface area (TPSA) is 30.5 Å². The molecule has 6 heteroatoms. The van der Waals surface area contributed by atoms with Crippen LogP contribution in [-0.2, 0) is 10.9 Å². The molecule has 0 bridgehead atoms. The summed E-state index contributed by atoms with van der Waals surface area (Å²) in [5.74, 6) is 0.229. The average Bonchev–Trinajstić information content (AvgIpc) is 2.38. The monoisotopic (exact) mass is 261 g/mol. The molecule has 0 amide bonds. The molecule has 1 saturated heterocycles. The van der Waals surface area contributed by atoms with Crippen LogP contribution in [0.25, 0.3) is 0 Å². The van der Waals surface area contributed by atoms with Gasteiger partial charge in [-0.05, 0) is 12.1 Å². The molecule has 18 heavy (non-hydrogen) atoms. The van der Waals surface area contributed by atoms with Crippen molar-refractivity contribution in [2.24, 2.45) is 0 Å². The molecule has 1 aliphatic rings. The van der Waals surface area contributed by atoms with Crippen molar-refractivity contribution in [3.8, 4) is 5.75 Å². The number of nitrogens with one attached hydrogen (secondary N) is 1. The normalized spacial score (nSPS) is 20.8. The van der Waals surface area contributed by atoms with Gasteiger partial charge in [-0.1, -0.05) is 6.07 Å². The average molecular weight is 261 g/mol. The summed E-state index contributed by atoms with van der Waals surface area (Å²) in [4.78, 5) is 0. The Kier molecular flexibility index (Phi) is 3.77. The van der Waals surface area contributed by atoms with Crippen molar-refractivity contribution in [1.82, 2.24) is 5.32 Å². The molecule has 0 spiro atoms. The second-order valence-electron chi connectivity index (χ2n) is 4.04. The van der Waals surface area contributed by atoms with Crippen molar-refractivity contribution in [2.45, 2.75) is 12.2 Å². The number of morpholine rings is 1. The van der Waals surface area contributed by atoms with Gasteiger partial charge in [0.1, 0.15) is 5.75 Å². The number of halogens is 3. The Bertz CT molecular complexity index is 414. The molecule has 1 N–H and O–H groups in total. The van der Waals surface area contributed by atoms with Gasteiger partial charge in [0, 0.05) is 12.1 Å². The predicted molar refractivity (Wildman–Crippen MR) is 59.6 cm³/mol. The van der Waals surface area contributed by atoms with Crippen LogP contribution in [0, 0.1) is 0 Å². The van der Waals surface area contributed by atoms with Crippen molar-refractivity contribution in [3.63, 3.8) is 0 Å². The van der Waals surface area contributed by atoms with Gasteiger partial charge in [-0.15, -0.1) is 0 Å². The lowest BCUT2D eigenvalue weighted by atomic mass is 10.0. The van der Waals surface area contributed by atoms with Crippen LogP contribution in [0.15, 0.2) is 18.2 Å². The number of hydrogen-bond acceptors (Lipinski definition) is 3. The van der Waals surface area contributed by atoms with Gasteiger partial charge in [0.05, 0.1) is 31.9 Å². The first-order valence-corrected chi connectivity index (χ1v) is 5.58. The summed E-state index contributed by atoms with van der Waals surface area (Å²) in [5.41, 5.74) is -0.0231. The lowest BCUT2D eigenvalue weighted by Gasteiger charge is -2.26. The summed E-state index contributed by atoms with van der Waals surface area (Å²) >= 11 is 0. The molecule has 1 atom stereocenters. The van der Waals surface area contributed by atoms with Crippen molar-refractivity contribution >= 4 is 0 Å².